The first-order valence-corrected chi connectivity index (χ1v) is 17.7. The van der Waals surface area contributed by atoms with E-state index in [1.54, 1.807) is 0 Å². The van der Waals surface area contributed by atoms with Gasteiger partial charge >= 0.3 is 0 Å². The summed E-state index contributed by atoms with van der Waals surface area (Å²) in [4.78, 5) is 10.7. The Morgan fingerprint density at radius 3 is 1.76 bits per heavy atom. The second-order valence-corrected chi connectivity index (χ2v) is 15.5. The summed E-state index contributed by atoms with van der Waals surface area (Å²) < 4.78 is 2.38. The van der Waals surface area contributed by atoms with E-state index in [-0.39, 0.29) is 16.2 Å². The minimum absolute atomic E-state index is 0.0186. The van der Waals surface area contributed by atoms with Gasteiger partial charge in [0.25, 0.3) is 0 Å². The molecule has 244 valence electrons. The van der Waals surface area contributed by atoms with Gasteiger partial charge in [-0.1, -0.05) is 133 Å². The van der Waals surface area contributed by atoms with Gasteiger partial charge in [0.15, 0.2) is 5.82 Å². The van der Waals surface area contributed by atoms with Crippen molar-refractivity contribution in [1.29, 1.82) is 0 Å². The average molecular weight is 648 g/mol. The molecule has 0 unspecified atom stereocenters. The largest absolute Gasteiger partial charge is 0.309 e. The Kier molecular flexibility index (Phi) is 6.55. The zero-order chi connectivity index (χ0) is 34.4. The molecule has 0 spiro atoms. The Hall–Kier alpha value is -5.54. The van der Waals surface area contributed by atoms with Crippen molar-refractivity contribution in [2.75, 3.05) is 0 Å². The molecule has 0 aliphatic heterocycles. The fraction of sp³-hybridized carbons (Fsp3) is 0.191. The molecule has 6 aromatic carbocycles. The Balaban J connectivity index is 1.36. The van der Waals surface area contributed by atoms with Crippen LogP contribution in [-0.2, 0) is 10.8 Å². The molecule has 9 rings (SSSR count). The fourth-order valence-corrected chi connectivity index (χ4v) is 8.52. The highest BCUT2D eigenvalue weighted by Crippen LogP contribution is 2.62. The van der Waals surface area contributed by atoms with Gasteiger partial charge in [0.2, 0.25) is 0 Å². The maximum atomic E-state index is 5.41. The van der Waals surface area contributed by atoms with Crippen LogP contribution in [0.4, 0.5) is 0 Å². The number of fused-ring (bicyclic) bond motifs is 5. The lowest BCUT2D eigenvalue weighted by Gasteiger charge is -2.44. The molecule has 0 saturated carbocycles. The molecule has 0 radical (unpaired) electrons. The van der Waals surface area contributed by atoms with Gasteiger partial charge in [-0.05, 0) is 87.0 Å². The second kappa shape index (κ2) is 10.7. The summed E-state index contributed by atoms with van der Waals surface area (Å²) >= 11 is 0. The number of para-hydroxylation sites is 3. The summed E-state index contributed by atoms with van der Waals surface area (Å²) in [5.74, 6) is 0.755. The lowest BCUT2D eigenvalue weighted by Crippen LogP contribution is -2.42. The second-order valence-electron chi connectivity index (χ2n) is 15.5. The molecule has 0 saturated heterocycles. The zero-order valence-corrected chi connectivity index (χ0v) is 29.6. The van der Waals surface area contributed by atoms with Gasteiger partial charge in [-0.25, -0.2) is 9.97 Å². The third kappa shape index (κ3) is 4.22. The maximum absolute atomic E-state index is 5.41. The van der Waals surface area contributed by atoms with Crippen molar-refractivity contribution in [1.82, 2.24) is 14.5 Å². The average Bonchev–Trinajstić information content (AvgIpc) is 3.52. The van der Waals surface area contributed by atoms with Gasteiger partial charge in [-0.15, -0.1) is 0 Å². The van der Waals surface area contributed by atoms with E-state index < -0.39 is 0 Å². The van der Waals surface area contributed by atoms with Crippen molar-refractivity contribution in [2.45, 2.75) is 52.4 Å². The number of nitrogens with zero attached hydrogens (tertiary/aromatic N) is 3. The third-order valence-corrected chi connectivity index (χ3v) is 12.5. The molecule has 0 bridgehead atoms. The van der Waals surface area contributed by atoms with E-state index in [9.17, 15) is 0 Å². The highest BCUT2D eigenvalue weighted by molar-refractivity contribution is 6.11. The van der Waals surface area contributed by atoms with Crippen LogP contribution in [0.3, 0.4) is 0 Å². The van der Waals surface area contributed by atoms with Gasteiger partial charge in [-0.3, -0.25) is 0 Å². The first kappa shape index (κ1) is 30.5. The monoisotopic (exact) mass is 647 g/mol. The highest BCUT2D eigenvalue weighted by atomic mass is 15.0. The van der Waals surface area contributed by atoms with Gasteiger partial charge in [-0.2, -0.15) is 0 Å². The van der Waals surface area contributed by atoms with Crippen molar-refractivity contribution in [2.24, 2.45) is 5.41 Å². The molecule has 1 aliphatic rings. The van der Waals surface area contributed by atoms with Crippen molar-refractivity contribution in [3.05, 3.63) is 151 Å². The van der Waals surface area contributed by atoms with Crippen LogP contribution in [0.1, 0.15) is 52.7 Å². The van der Waals surface area contributed by atoms with Crippen LogP contribution in [0.15, 0.2) is 140 Å². The summed E-state index contributed by atoms with van der Waals surface area (Å²) in [6.45, 7) is 14.5. The van der Waals surface area contributed by atoms with Crippen molar-refractivity contribution in [3.63, 3.8) is 0 Å². The fourth-order valence-electron chi connectivity index (χ4n) is 8.52. The molecule has 3 nitrogen and oxygen atoms in total. The van der Waals surface area contributed by atoms with Crippen LogP contribution in [0, 0.1) is 5.41 Å². The standard InChI is InChI=1S/C47H41N3/c1-45(2)38-28-35(31-25-26-42-36(27-31)33-21-14-16-24-41(33)50(42)32-19-11-8-12-20-32)37(29-39(38)46(3,4)47(45,5)6)44-48-40-23-15-13-22-34(40)43(49-44)30-17-9-7-10-18-30/h7-29H,1-6H3. The molecule has 0 fully saturated rings. The molecule has 0 amide bonds. The van der Waals surface area contributed by atoms with Crippen LogP contribution in [-0.4, -0.2) is 14.5 Å². The maximum Gasteiger partial charge on any atom is 0.161 e. The zero-order valence-electron chi connectivity index (χ0n) is 29.6. The van der Waals surface area contributed by atoms with E-state index >= 15 is 0 Å². The number of benzene rings is 6. The lowest BCUT2D eigenvalue weighted by molar-refractivity contribution is 0.125. The lowest BCUT2D eigenvalue weighted by atomic mass is 9.59. The number of hydrogen-bond acceptors (Lipinski definition) is 2. The minimum Gasteiger partial charge on any atom is -0.309 e. The molecule has 0 N–H and O–H groups in total. The molecule has 0 atom stereocenters. The molecular formula is C47H41N3. The van der Waals surface area contributed by atoms with Crippen LogP contribution in [0.25, 0.3) is 72.2 Å². The molecule has 8 aromatic rings. The summed E-state index contributed by atoms with van der Waals surface area (Å²) in [6.07, 6.45) is 0. The number of rotatable bonds is 4. The van der Waals surface area contributed by atoms with E-state index in [0.717, 1.165) is 44.8 Å². The molecule has 50 heavy (non-hydrogen) atoms. The topological polar surface area (TPSA) is 30.7 Å². The summed E-state index contributed by atoms with van der Waals surface area (Å²) in [5.41, 5.74) is 12.6. The Morgan fingerprint density at radius 2 is 1.04 bits per heavy atom. The van der Waals surface area contributed by atoms with E-state index in [4.69, 9.17) is 9.97 Å². The van der Waals surface area contributed by atoms with Crippen LogP contribution < -0.4 is 0 Å². The van der Waals surface area contributed by atoms with E-state index in [0.29, 0.717) is 0 Å². The summed E-state index contributed by atoms with van der Waals surface area (Å²) in [6, 6.07) is 50.2. The SMILES string of the molecule is CC1(C)c2cc(-c3ccc4c(c3)c3ccccc3n4-c3ccccc3)c(-c3nc(-c4ccccc4)c4ccccc4n3)cc2C(C)(C)C1(C)C. The van der Waals surface area contributed by atoms with Crippen molar-refractivity contribution in [3.8, 4) is 39.5 Å². The van der Waals surface area contributed by atoms with Crippen LogP contribution in [0.2, 0.25) is 0 Å². The molecule has 3 heteroatoms. The quantitative estimate of drug-likeness (QED) is 0.190. The Labute approximate surface area is 294 Å². The third-order valence-electron chi connectivity index (χ3n) is 12.5. The minimum atomic E-state index is -0.0642. The van der Waals surface area contributed by atoms with Gasteiger partial charge in [0.05, 0.1) is 22.2 Å². The van der Waals surface area contributed by atoms with Gasteiger partial charge in [0, 0.05) is 33.0 Å². The smallest absolute Gasteiger partial charge is 0.161 e. The molecule has 2 aromatic heterocycles. The van der Waals surface area contributed by atoms with E-state index in [1.165, 1.54) is 38.5 Å². The van der Waals surface area contributed by atoms with Gasteiger partial charge in [0.1, 0.15) is 0 Å². The van der Waals surface area contributed by atoms with E-state index in [1.807, 2.05) is 0 Å². The van der Waals surface area contributed by atoms with Crippen LogP contribution in [0.5, 0.6) is 0 Å². The van der Waals surface area contributed by atoms with Gasteiger partial charge < -0.3 is 4.57 Å². The summed E-state index contributed by atoms with van der Waals surface area (Å²) in [5, 5.41) is 3.53. The van der Waals surface area contributed by atoms with Crippen molar-refractivity contribution < 1.29 is 0 Å². The van der Waals surface area contributed by atoms with Crippen LogP contribution >= 0.6 is 0 Å². The normalized spacial score (nSPS) is 15.9. The number of hydrogen-bond donors (Lipinski definition) is 0. The number of aromatic nitrogens is 3. The van der Waals surface area contributed by atoms with Crippen molar-refractivity contribution >= 4 is 32.7 Å². The molecule has 2 heterocycles. The first-order chi connectivity index (χ1) is 24.1. The Morgan fingerprint density at radius 1 is 0.460 bits per heavy atom. The molecule has 1 aliphatic carbocycles. The van der Waals surface area contributed by atoms with E-state index in [2.05, 4.69) is 186 Å². The predicted molar refractivity (Wildman–Crippen MR) is 210 cm³/mol. The predicted octanol–water partition coefficient (Wildman–Crippen LogP) is 12.3. The molecular weight excluding hydrogens is 607 g/mol. The Bertz CT molecular complexity index is 2610. The summed E-state index contributed by atoms with van der Waals surface area (Å²) in [7, 11) is 0. The first-order valence-electron chi connectivity index (χ1n) is 17.7. The highest BCUT2D eigenvalue weighted by Gasteiger charge is 2.57.